The first-order valence-electron chi connectivity index (χ1n) is 10.9. The molecule has 0 fully saturated rings. The van der Waals surface area contributed by atoms with Crippen LogP contribution in [0.5, 0.6) is 0 Å². The summed E-state index contributed by atoms with van der Waals surface area (Å²) in [6.07, 6.45) is -3.13. The largest absolute Gasteiger partial charge is 0.416 e. The molecule has 9 heteroatoms. The number of amides is 1. The highest BCUT2D eigenvalue weighted by atomic mass is 19.4. The molecule has 0 spiro atoms. The van der Waals surface area contributed by atoms with E-state index in [1.807, 2.05) is 0 Å². The molecule has 1 atom stereocenters. The maximum atomic E-state index is 13.8. The van der Waals surface area contributed by atoms with E-state index in [0.29, 0.717) is 33.9 Å². The highest BCUT2D eigenvalue weighted by Crippen LogP contribution is 2.45. The zero-order chi connectivity index (χ0) is 25.6. The second-order valence-corrected chi connectivity index (χ2v) is 8.51. The monoisotopic (exact) mass is 511 g/mol. The van der Waals surface area contributed by atoms with Gasteiger partial charge >= 0.3 is 6.18 Å². The normalized spacial score (nSPS) is 14.9. The second-order valence-electron chi connectivity index (χ2n) is 8.51. The van der Waals surface area contributed by atoms with Gasteiger partial charge in [-0.1, -0.05) is 25.6 Å². The van der Waals surface area contributed by atoms with E-state index in [-0.39, 0.29) is 25.3 Å². The lowest BCUT2D eigenvalue weighted by Crippen LogP contribution is -2.25. The van der Waals surface area contributed by atoms with Crippen LogP contribution >= 0.6 is 0 Å². The van der Waals surface area contributed by atoms with Gasteiger partial charge < -0.3 is 5.73 Å². The van der Waals surface area contributed by atoms with E-state index in [4.69, 9.17) is 5.73 Å². The van der Waals surface area contributed by atoms with Gasteiger partial charge in [-0.3, -0.25) is 9.69 Å². The van der Waals surface area contributed by atoms with Crippen molar-refractivity contribution in [2.45, 2.75) is 25.9 Å². The number of alkyl halides is 3. The van der Waals surface area contributed by atoms with Crippen LogP contribution in [0.1, 0.15) is 30.0 Å². The number of nitrogens with zero attached hydrogens (tertiary/aromatic N) is 2. The summed E-state index contributed by atoms with van der Waals surface area (Å²) in [5.41, 5.74) is 7.38. The molecule has 1 amide bonds. The third-order valence-electron chi connectivity index (χ3n) is 6.05. The zero-order valence-corrected chi connectivity index (χ0v) is 18.6. The highest BCUT2D eigenvalue weighted by molar-refractivity contribution is 6.10. The van der Waals surface area contributed by atoms with E-state index in [2.05, 4.69) is 4.98 Å². The van der Waals surface area contributed by atoms with Crippen molar-refractivity contribution in [3.05, 3.63) is 107 Å². The number of nitrogens with two attached hydrogens (primary N) is 1. The molecule has 37 heavy (non-hydrogen) atoms. The number of rotatable bonds is 4. The molecular weight excluding hydrogens is 489 g/mol. The number of carbonyl (C=O) groups excluding carboxylic acids is 1. The SMILES string of the molecule is C.Nc1ccc(N2C(=O)C(Cc3cc(F)cc(F)c3)c3cc(-c4cccc(C(F)(F)F)c4)ccc32)nc1. The Kier molecular flexibility index (Phi) is 6.73. The van der Waals surface area contributed by atoms with Crippen molar-refractivity contribution >= 4 is 23.1 Å². The quantitative estimate of drug-likeness (QED) is 0.293. The first-order chi connectivity index (χ1) is 17.1. The summed E-state index contributed by atoms with van der Waals surface area (Å²) in [5, 5.41) is 0. The highest BCUT2D eigenvalue weighted by Gasteiger charge is 2.39. The van der Waals surface area contributed by atoms with Gasteiger partial charge in [-0.25, -0.2) is 13.8 Å². The fraction of sp³-hybridized carbons (Fsp3) is 0.143. The standard InChI is InChI=1S/C27H18F5N3O.CH4/c28-19-8-15(9-20(29)13-19)10-23-22-12-17(16-2-1-3-18(11-16)27(30,31)32)4-6-24(22)35(26(23)36)25-7-5-21(33)14-34-25;/h1-9,11-14,23H,10,33H2;1H4. The number of aromatic nitrogens is 1. The van der Waals surface area contributed by atoms with Crippen LogP contribution in [0.3, 0.4) is 0 Å². The number of fused-ring (bicyclic) bond motifs is 1. The Morgan fingerprint density at radius 3 is 2.24 bits per heavy atom. The summed E-state index contributed by atoms with van der Waals surface area (Å²) in [6, 6.07) is 16.0. The molecule has 0 saturated carbocycles. The van der Waals surface area contributed by atoms with Crippen LogP contribution in [0.2, 0.25) is 0 Å². The van der Waals surface area contributed by atoms with Crippen LogP contribution < -0.4 is 10.6 Å². The van der Waals surface area contributed by atoms with Gasteiger partial charge in [0.1, 0.15) is 17.5 Å². The van der Waals surface area contributed by atoms with Gasteiger partial charge in [0.05, 0.1) is 29.1 Å². The summed E-state index contributed by atoms with van der Waals surface area (Å²) in [4.78, 5) is 19.2. The molecule has 2 heterocycles. The van der Waals surface area contributed by atoms with E-state index < -0.39 is 29.3 Å². The lowest BCUT2D eigenvalue weighted by atomic mass is 9.90. The van der Waals surface area contributed by atoms with Gasteiger partial charge in [-0.05, 0) is 77.2 Å². The van der Waals surface area contributed by atoms with Crippen LogP contribution in [0.4, 0.5) is 39.1 Å². The summed E-state index contributed by atoms with van der Waals surface area (Å²) in [6.45, 7) is 0. The maximum Gasteiger partial charge on any atom is 0.416 e. The molecule has 1 unspecified atom stereocenters. The predicted octanol–water partition coefficient (Wildman–Crippen LogP) is 7.27. The molecule has 4 nitrogen and oxygen atoms in total. The molecule has 3 aromatic carbocycles. The van der Waals surface area contributed by atoms with E-state index >= 15 is 0 Å². The molecule has 4 aromatic rings. The Morgan fingerprint density at radius 1 is 0.892 bits per heavy atom. The van der Waals surface area contributed by atoms with Gasteiger partial charge in [0.25, 0.3) is 0 Å². The Balaban J connectivity index is 0.00000320. The van der Waals surface area contributed by atoms with Crippen LogP contribution in [-0.2, 0) is 17.4 Å². The van der Waals surface area contributed by atoms with Crippen LogP contribution in [0, 0.1) is 11.6 Å². The number of hydrogen-bond acceptors (Lipinski definition) is 3. The lowest BCUT2D eigenvalue weighted by Gasteiger charge is -2.17. The molecular formula is C28H22F5N3O. The third-order valence-corrected chi connectivity index (χ3v) is 6.05. The van der Waals surface area contributed by atoms with Crippen LogP contribution in [0.15, 0.2) is 79.0 Å². The molecule has 1 aliphatic rings. The molecule has 2 N–H and O–H groups in total. The van der Waals surface area contributed by atoms with Gasteiger partial charge in [-0.2, -0.15) is 13.2 Å². The average Bonchev–Trinajstić information content (AvgIpc) is 3.09. The van der Waals surface area contributed by atoms with Crippen molar-refractivity contribution in [3.63, 3.8) is 0 Å². The Bertz CT molecular complexity index is 1450. The molecule has 5 rings (SSSR count). The fourth-order valence-electron chi connectivity index (χ4n) is 4.43. The van der Waals surface area contributed by atoms with Crippen molar-refractivity contribution in [1.29, 1.82) is 0 Å². The number of nitrogen functional groups attached to an aromatic ring is 1. The molecule has 1 aliphatic heterocycles. The minimum atomic E-state index is -4.51. The first kappa shape index (κ1) is 25.8. The van der Waals surface area contributed by atoms with Gasteiger partial charge in [0, 0.05) is 6.07 Å². The van der Waals surface area contributed by atoms with E-state index in [9.17, 15) is 26.7 Å². The maximum absolute atomic E-state index is 13.8. The summed E-state index contributed by atoms with van der Waals surface area (Å²) >= 11 is 0. The number of pyridine rings is 1. The summed E-state index contributed by atoms with van der Waals surface area (Å²) in [5.74, 6) is -2.47. The first-order valence-corrected chi connectivity index (χ1v) is 10.9. The number of hydrogen-bond donors (Lipinski definition) is 1. The lowest BCUT2D eigenvalue weighted by molar-refractivity contribution is -0.137. The summed E-state index contributed by atoms with van der Waals surface area (Å²) in [7, 11) is 0. The van der Waals surface area contributed by atoms with Gasteiger partial charge in [0.2, 0.25) is 5.91 Å². The Morgan fingerprint density at radius 2 is 1.59 bits per heavy atom. The fourth-order valence-corrected chi connectivity index (χ4v) is 4.43. The Hall–Kier alpha value is -4.27. The summed E-state index contributed by atoms with van der Waals surface area (Å²) < 4.78 is 67.5. The number of benzene rings is 3. The zero-order valence-electron chi connectivity index (χ0n) is 18.6. The number of carbonyl (C=O) groups is 1. The molecule has 0 saturated heterocycles. The smallest absolute Gasteiger partial charge is 0.397 e. The van der Waals surface area contributed by atoms with Gasteiger partial charge in [0.15, 0.2) is 0 Å². The molecule has 0 radical (unpaired) electrons. The average molecular weight is 511 g/mol. The van der Waals surface area contributed by atoms with E-state index in [0.717, 1.165) is 30.3 Å². The second kappa shape index (κ2) is 9.65. The van der Waals surface area contributed by atoms with Crippen molar-refractivity contribution < 1.29 is 26.7 Å². The molecule has 0 bridgehead atoms. The Labute approximate surface area is 210 Å². The minimum Gasteiger partial charge on any atom is -0.397 e. The molecule has 0 aliphatic carbocycles. The third kappa shape index (κ3) is 5.02. The minimum absolute atomic E-state index is 0. The van der Waals surface area contributed by atoms with Crippen molar-refractivity contribution in [2.24, 2.45) is 0 Å². The topological polar surface area (TPSA) is 59.2 Å². The predicted molar refractivity (Wildman–Crippen MR) is 132 cm³/mol. The van der Waals surface area contributed by atoms with Crippen molar-refractivity contribution in [2.75, 3.05) is 10.6 Å². The number of halogens is 5. The van der Waals surface area contributed by atoms with E-state index in [1.54, 1.807) is 36.4 Å². The number of anilines is 3. The van der Waals surface area contributed by atoms with Gasteiger partial charge in [-0.15, -0.1) is 0 Å². The van der Waals surface area contributed by atoms with Crippen LogP contribution in [0.25, 0.3) is 11.1 Å². The van der Waals surface area contributed by atoms with Crippen molar-refractivity contribution in [1.82, 2.24) is 4.98 Å². The molecule has 1 aromatic heterocycles. The molecule has 190 valence electrons. The van der Waals surface area contributed by atoms with Crippen LogP contribution in [-0.4, -0.2) is 10.9 Å². The van der Waals surface area contributed by atoms with Crippen molar-refractivity contribution in [3.8, 4) is 11.1 Å². The van der Waals surface area contributed by atoms with E-state index in [1.165, 1.54) is 17.2 Å².